The predicted molar refractivity (Wildman–Crippen MR) is 72.2 cm³/mol. The van der Waals surface area contributed by atoms with Gasteiger partial charge in [0.05, 0.1) is 10.5 Å². The predicted octanol–water partition coefficient (Wildman–Crippen LogP) is 3.43. The Morgan fingerprint density at radius 1 is 1.29 bits per heavy atom. The smallest absolute Gasteiger partial charge is 0.276 e. The van der Waals surface area contributed by atoms with Crippen LogP contribution < -0.4 is 10.5 Å². The lowest BCUT2D eigenvalue weighted by Crippen LogP contribution is -2.01. The lowest BCUT2D eigenvalue weighted by Gasteiger charge is -2.11. The van der Waals surface area contributed by atoms with Crippen molar-refractivity contribution >= 4 is 5.69 Å². The number of hydrogen-bond acceptors (Lipinski definition) is 4. The fraction of sp³-hybridized carbons (Fsp3) is 0.143. The second kappa shape index (κ2) is 5.84. The number of rotatable bonds is 4. The molecule has 0 radical (unpaired) electrons. The summed E-state index contributed by atoms with van der Waals surface area (Å²) in [4.78, 5) is 10.2. The number of halogens is 2. The number of hydrogen-bond donors (Lipinski definition) is 1. The molecule has 2 aromatic rings. The van der Waals surface area contributed by atoms with Crippen LogP contribution in [0.5, 0.6) is 11.5 Å². The van der Waals surface area contributed by atoms with Gasteiger partial charge in [-0.05, 0) is 30.7 Å². The minimum atomic E-state index is -0.915. The minimum absolute atomic E-state index is 0.00996. The molecule has 0 aliphatic carbocycles. The van der Waals surface area contributed by atoms with Crippen LogP contribution in [0, 0.1) is 28.7 Å². The van der Waals surface area contributed by atoms with Crippen LogP contribution >= 0.6 is 0 Å². The Kier molecular flexibility index (Phi) is 4.13. The fourth-order valence-electron chi connectivity index (χ4n) is 1.85. The third-order valence-electron chi connectivity index (χ3n) is 2.96. The largest absolute Gasteiger partial charge is 0.451 e. The first-order valence-corrected chi connectivity index (χ1v) is 6.04. The number of nitrogens with zero attached hydrogens (tertiary/aromatic N) is 1. The van der Waals surface area contributed by atoms with Crippen LogP contribution in [0.2, 0.25) is 0 Å². The molecule has 0 unspecified atom stereocenters. The van der Waals surface area contributed by atoms with E-state index in [1.165, 1.54) is 25.1 Å². The lowest BCUT2D eigenvalue weighted by atomic mass is 10.1. The van der Waals surface area contributed by atoms with E-state index < -0.39 is 22.3 Å². The highest BCUT2D eigenvalue weighted by atomic mass is 19.1. The molecule has 0 aromatic heterocycles. The molecule has 7 heteroatoms. The van der Waals surface area contributed by atoms with Crippen molar-refractivity contribution in [1.82, 2.24) is 0 Å². The second-order valence-corrected chi connectivity index (χ2v) is 4.35. The molecular formula is C14H12F2N2O3. The summed E-state index contributed by atoms with van der Waals surface area (Å²) in [6.07, 6.45) is 0. The zero-order valence-corrected chi connectivity index (χ0v) is 11.1. The van der Waals surface area contributed by atoms with Gasteiger partial charge in [0.2, 0.25) is 0 Å². The maximum absolute atomic E-state index is 13.8. The van der Waals surface area contributed by atoms with Crippen LogP contribution in [-0.2, 0) is 6.54 Å². The molecule has 0 heterocycles. The zero-order valence-electron chi connectivity index (χ0n) is 11.1. The summed E-state index contributed by atoms with van der Waals surface area (Å²) in [6, 6.07) is 6.19. The number of nitro benzene ring substituents is 1. The van der Waals surface area contributed by atoms with Crippen LogP contribution in [0.4, 0.5) is 14.5 Å². The van der Waals surface area contributed by atoms with Gasteiger partial charge in [0.25, 0.3) is 5.69 Å². The van der Waals surface area contributed by atoms with Crippen LogP contribution in [0.3, 0.4) is 0 Å². The van der Waals surface area contributed by atoms with Gasteiger partial charge in [0.1, 0.15) is 5.75 Å². The van der Waals surface area contributed by atoms with Crippen molar-refractivity contribution in [2.24, 2.45) is 5.73 Å². The van der Waals surface area contributed by atoms with Gasteiger partial charge in [-0.2, -0.15) is 0 Å². The van der Waals surface area contributed by atoms with Gasteiger partial charge in [-0.3, -0.25) is 10.1 Å². The Bertz CT molecular complexity index is 682. The van der Waals surface area contributed by atoms with Gasteiger partial charge >= 0.3 is 0 Å². The molecule has 0 amide bonds. The lowest BCUT2D eigenvalue weighted by molar-refractivity contribution is -0.385. The minimum Gasteiger partial charge on any atom is -0.451 e. The summed E-state index contributed by atoms with van der Waals surface area (Å²) < 4.78 is 32.8. The van der Waals surface area contributed by atoms with Crippen molar-refractivity contribution in [2.45, 2.75) is 13.5 Å². The third-order valence-corrected chi connectivity index (χ3v) is 2.96. The highest BCUT2D eigenvalue weighted by molar-refractivity contribution is 5.50. The summed E-state index contributed by atoms with van der Waals surface area (Å²) in [6.45, 7) is 1.43. The van der Waals surface area contributed by atoms with Gasteiger partial charge < -0.3 is 10.5 Å². The summed E-state index contributed by atoms with van der Waals surface area (Å²) in [5.74, 6) is -2.43. The third kappa shape index (κ3) is 2.97. The topological polar surface area (TPSA) is 78.4 Å². The Balaban J connectivity index is 2.44. The number of nitrogens with two attached hydrogens (primary N) is 1. The SMILES string of the molecule is Cc1c(Oc2c(F)cc(CN)cc2F)cccc1[N+](=O)[O-]. The molecule has 0 aliphatic rings. The summed E-state index contributed by atoms with van der Waals surface area (Å²) in [7, 11) is 0. The molecular weight excluding hydrogens is 282 g/mol. The molecule has 0 spiro atoms. The van der Waals surface area contributed by atoms with E-state index in [-0.39, 0.29) is 29.1 Å². The van der Waals surface area contributed by atoms with E-state index in [0.717, 1.165) is 12.1 Å². The van der Waals surface area contributed by atoms with E-state index in [0.29, 0.717) is 0 Å². The summed E-state index contributed by atoms with van der Waals surface area (Å²) >= 11 is 0. The van der Waals surface area contributed by atoms with Crippen molar-refractivity contribution in [1.29, 1.82) is 0 Å². The van der Waals surface area contributed by atoms with Crippen LogP contribution in [0.1, 0.15) is 11.1 Å². The van der Waals surface area contributed by atoms with Crippen LogP contribution in [-0.4, -0.2) is 4.92 Å². The molecule has 110 valence electrons. The van der Waals surface area contributed by atoms with E-state index in [1.54, 1.807) is 0 Å². The second-order valence-electron chi connectivity index (χ2n) is 4.35. The van der Waals surface area contributed by atoms with Crippen LogP contribution in [0.25, 0.3) is 0 Å². The normalized spacial score (nSPS) is 10.5. The Morgan fingerprint density at radius 3 is 2.43 bits per heavy atom. The van der Waals surface area contributed by atoms with Crippen molar-refractivity contribution in [3.05, 3.63) is 63.2 Å². The Labute approximate surface area is 119 Å². The molecule has 0 bridgehead atoms. The average Bonchev–Trinajstić information content (AvgIpc) is 2.43. The maximum Gasteiger partial charge on any atom is 0.276 e. The number of nitro groups is 1. The molecule has 0 fully saturated rings. The first kappa shape index (κ1) is 14.9. The quantitative estimate of drug-likeness (QED) is 0.692. The van der Waals surface area contributed by atoms with Gasteiger partial charge in [-0.1, -0.05) is 6.07 Å². The van der Waals surface area contributed by atoms with E-state index in [9.17, 15) is 18.9 Å². The van der Waals surface area contributed by atoms with Gasteiger partial charge in [-0.25, -0.2) is 8.78 Å². The first-order chi connectivity index (χ1) is 9.93. The Hall–Kier alpha value is -2.54. The number of benzene rings is 2. The van der Waals surface area contributed by atoms with Crippen LogP contribution in [0.15, 0.2) is 30.3 Å². The molecule has 5 nitrogen and oxygen atoms in total. The van der Waals surface area contributed by atoms with Crippen molar-refractivity contribution in [3.8, 4) is 11.5 Å². The molecule has 0 aliphatic heterocycles. The zero-order chi connectivity index (χ0) is 15.6. The Morgan fingerprint density at radius 2 is 1.90 bits per heavy atom. The molecule has 21 heavy (non-hydrogen) atoms. The molecule has 2 rings (SSSR count). The highest BCUT2D eigenvalue weighted by Crippen LogP contribution is 2.33. The summed E-state index contributed by atoms with van der Waals surface area (Å²) in [5, 5.41) is 10.8. The van der Waals surface area contributed by atoms with Gasteiger partial charge in [0, 0.05) is 12.6 Å². The van der Waals surface area contributed by atoms with Crippen molar-refractivity contribution in [2.75, 3.05) is 0 Å². The molecule has 0 saturated carbocycles. The summed E-state index contributed by atoms with van der Waals surface area (Å²) in [5.41, 5.74) is 5.60. The maximum atomic E-state index is 13.8. The van der Waals surface area contributed by atoms with E-state index in [1.807, 2.05) is 0 Å². The van der Waals surface area contributed by atoms with Gasteiger partial charge in [0.15, 0.2) is 17.4 Å². The molecule has 2 N–H and O–H groups in total. The molecule has 0 atom stereocenters. The van der Waals surface area contributed by atoms with Crippen molar-refractivity contribution in [3.63, 3.8) is 0 Å². The standard InChI is InChI=1S/C14H12F2N2O3/c1-8-12(18(19)20)3-2-4-13(8)21-14-10(15)5-9(7-17)6-11(14)16/h2-6H,7,17H2,1H3. The fourth-order valence-corrected chi connectivity index (χ4v) is 1.85. The van der Waals surface area contributed by atoms with E-state index >= 15 is 0 Å². The van der Waals surface area contributed by atoms with E-state index in [2.05, 4.69) is 0 Å². The average molecular weight is 294 g/mol. The van der Waals surface area contributed by atoms with Gasteiger partial charge in [-0.15, -0.1) is 0 Å². The molecule has 0 saturated heterocycles. The molecule has 2 aromatic carbocycles. The first-order valence-electron chi connectivity index (χ1n) is 6.04. The number of ether oxygens (including phenoxy) is 1. The highest BCUT2D eigenvalue weighted by Gasteiger charge is 2.18. The van der Waals surface area contributed by atoms with E-state index in [4.69, 9.17) is 10.5 Å². The monoisotopic (exact) mass is 294 g/mol. The van der Waals surface area contributed by atoms with Crippen molar-refractivity contribution < 1.29 is 18.4 Å².